The molecule has 2 aromatic rings. The second-order valence-electron chi connectivity index (χ2n) is 6.41. The summed E-state index contributed by atoms with van der Waals surface area (Å²) < 4.78 is 16.6. The van der Waals surface area contributed by atoms with Gasteiger partial charge in [-0.2, -0.15) is 0 Å². The second kappa shape index (κ2) is 7.45. The Bertz CT molecular complexity index is 741. The average Bonchev–Trinajstić information content (AvgIpc) is 3.03. The highest BCUT2D eigenvalue weighted by atomic mass is 16.5. The van der Waals surface area contributed by atoms with Gasteiger partial charge >= 0.3 is 0 Å². The number of hydrogen-bond acceptors (Lipinski definition) is 6. The summed E-state index contributed by atoms with van der Waals surface area (Å²) in [6.07, 6.45) is 3.40. The Morgan fingerprint density at radius 1 is 1.28 bits per heavy atom. The molecule has 0 radical (unpaired) electrons. The summed E-state index contributed by atoms with van der Waals surface area (Å²) in [5.41, 5.74) is 9.45. The van der Waals surface area contributed by atoms with Crippen molar-refractivity contribution in [3.8, 4) is 11.5 Å². The third kappa shape index (κ3) is 3.24. The molecular formula is C19H26N2O4. The van der Waals surface area contributed by atoms with Gasteiger partial charge in [0.25, 0.3) is 0 Å². The first-order valence-electron chi connectivity index (χ1n) is 8.72. The van der Waals surface area contributed by atoms with Gasteiger partial charge in [-0.1, -0.05) is 6.92 Å². The Labute approximate surface area is 148 Å². The number of ether oxygens (including phenoxy) is 2. The van der Waals surface area contributed by atoms with Crippen LogP contribution in [0.4, 0.5) is 0 Å². The van der Waals surface area contributed by atoms with E-state index in [1.165, 1.54) is 5.56 Å². The third-order valence-electron chi connectivity index (χ3n) is 4.83. The maximum atomic E-state index is 9.73. The minimum Gasteiger partial charge on any atom is -0.493 e. The summed E-state index contributed by atoms with van der Waals surface area (Å²) >= 11 is 0. The molecule has 0 fully saturated rings. The first-order chi connectivity index (χ1) is 12.1. The zero-order valence-corrected chi connectivity index (χ0v) is 15.0. The number of methoxy groups -OCH3 is 2. The van der Waals surface area contributed by atoms with Gasteiger partial charge in [0.1, 0.15) is 6.61 Å². The Hall–Kier alpha value is -2.05. The predicted octanol–water partition coefficient (Wildman–Crippen LogP) is 2.54. The summed E-state index contributed by atoms with van der Waals surface area (Å²) in [6, 6.07) is 3.90. The maximum Gasteiger partial charge on any atom is 0.194 e. The number of aliphatic hydroxyl groups excluding tert-OH is 1. The summed E-state index contributed by atoms with van der Waals surface area (Å²) in [5, 5.41) is 9.73. The van der Waals surface area contributed by atoms with Crippen LogP contribution >= 0.6 is 0 Å². The molecule has 0 unspecified atom stereocenters. The minimum absolute atomic E-state index is 0.0875. The fourth-order valence-corrected chi connectivity index (χ4v) is 3.60. The van der Waals surface area contributed by atoms with Crippen LogP contribution in [0.15, 0.2) is 16.5 Å². The van der Waals surface area contributed by atoms with Crippen molar-refractivity contribution in [1.29, 1.82) is 0 Å². The van der Waals surface area contributed by atoms with Crippen molar-refractivity contribution in [3.63, 3.8) is 0 Å². The number of hydrogen-bond donors (Lipinski definition) is 2. The van der Waals surface area contributed by atoms with Crippen LogP contribution < -0.4 is 15.2 Å². The molecule has 0 amide bonds. The van der Waals surface area contributed by atoms with Crippen molar-refractivity contribution in [2.24, 2.45) is 5.73 Å². The number of nitrogens with two attached hydrogens (primary N) is 1. The number of aryl methyl sites for hydroxylation is 2. The molecule has 0 aliphatic heterocycles. The predicted molar refractivity (Wildman–Crippen MR) is 94.1 cm³/mol. The molecule has 136 valence electrons. The number of fused-ring (bicyclic) bond motifs is 1. The average molecular weight is 346 g/mol. The van der Waals surface area contributed by atoms with Crippen molar-refractivity contribution in [3.05, 3.63) is 40.6 Å². The van der Waals surface area contributed by atoms with Gasteiger partial charge in [0, 0.05) is 18.4 Å². The van der Waals surface area contributed by atoms with Crippen LogP contribution in [0, 0.1) is 0 Å². The molecule has 2 atom stereocenters. The SMILES string of the molecule is CCCc1nc([C@@H]2c3cc(OC)c(OC)cc3CC[C@H]2N)c(CO)o1. The van der Waals surface area contributed by atoms with Crippen molar-refractivity contribution in [2.45, 2.75) is 51.2 Å². The van der Waals surface area contributed by atoms with Gasteiger partial charge < -0.3 is 24.7 Å². The number of oxazole rings is 1. The normalized spacial score (nSPS) is 19.6. The lowest BCUT2D eigenvalue weighted by atomic mass is 9.77. The quantitative estimate of drug-likeness (QED) is 0.835. The van der Waals surface area contributed by atoms with Gasteiger partial charge in [0.2, 0.25) is 0 Å². The molecule has 3 N–H and O–H groups in total. The van der Waals surface area contributed by atoms with Gasteiger partial charge in [0.15, 0.2) is 23.1 Å². The summed E-state index contributed by atoms with van der Waals surface area (Å²) in [6.45, 7) is 1.89. The lowest BCUT2D eigenvalue weighted by Crippen LogP contribution is -2.34. The van der Waals surface area contributed by atoms with Crippen LogP contribution in [0.2, 0.25) is 0 Å². The zero-order valence-electron chi connectivity index (χ0n) is 15.0. The Balaban J connectivity index is 2.11. The monoisotopic (exact) mass is 346 g/mol. The summed E-state index contributed by atoms with van der Waals surface area (Å²) in [4.78, 5) is 4.66. The van der Waals surface area contributed by atoms with Gasteiger partial charge in [-0.3, -0.25) is 0 Å². The molecule has 0 saturated heterocycles. The number of nitrogens with zero attached hydrogens (tertiary/aromatic N) is 1. The highest BCUT2D eigenvalue weighted by Crippen LogP contribution is 2.42. The van der Waals surface area contributed by atoms with E-state index in [4.69, 9.17) is 19.6 Å². The topological polar surface area (TPSA) is 90.7 Å². The molecule has 25 heavy (non-hydrogen) atoms. The highest BCUT2D eigenvalue weighted by Gasteiger charge is 2.34. The number of benzene rings is 1. The van der Waals surface area contributed by atoms with Crippen molar-refractivity contribution >= 4 is 0 Å². The standard InChI is InChI=1S/C19H26N2O4/c1-4-5-17-21-19(16(10-22)25-17)18-12-9-15(24-3)14(23-2)8-11(12)6-7-13(18)20/h8-9,13,18,22H,4-7,10,20H2,1-3H3/t13-,18-/m1/s1. The molecule has 3 rings (SSSR count). The molecule has 6 nitrogen and oxygen atoms in total. The summed E-state index contributed by atoms with van der Waals surface area (Å²) in [5.74, 6) is 2.42. The van der Waals surface area contributed by atoms with E-state index in [2.05, 4.69) is 11.9 Å². The molecule has 6 heteroatoms. The van der Waals surface area contributed by atoms with Crippen LogP contribution in [0.1, 0.15) is 54.2 Å². The molecule has 0 bridgehead atoms. The minimum atomic E-state index is -0.183. The largest absolute Gasteiger partial charge is 0.493 e. The van der Waals surface area contributed by atoms with E-state index in [9.17, 15) is 5.11 Å². The lowest BCUT2D eigenvalue weighted by molar-refractivity contribution is 0.240. The summed E-state index contributed by atoms with van der Waals surface area (Å²) in [7, 11) is 3.26. The zero-order chi connectivity index (χ0) is 18.0. The smallest absolute Gasteiger partial charge is 0.194 e. The van der Waals surface area contributed by atoms with E-state index < -0.39 is 0 Å². The first-order valence-corrected chi connectivity index (χ1v) is 8.72. The molecule has 1 aliphatic rings. The van der Waals surface area contributed by atoms with Crippen LogP contribution in [0.3, 0.4) is 0 Å². The van der Waals surface area contributed by atoms with Gasteiger partial charge in [0.05, 0.1) is 19.9 Å². The van der Waals surface area contributed by atoms with E-state index in [1.807, 2.05) is 12.1 Å². The van der Waals surface area contributed by atoms with E-state index in [1.54, 1.807) is 14.2 Å². The van der Waals surface area contributed by atoms with Crippen molar-refractivity contribution < 1.29 is 19.0 Å². The Morgan fingerprint density at radius 3 is 2.64 bits per heavy atom. The van der Waals surface area contributed by atoms with Crippen LogP contribution in [-0.4, -0.2) is 30.4 Å². The van der Waals surface area contributed by atoms with Gasteiger partial charge in [-0.15, -0.1) is 0 Å². The molecule has 1 heterocycles. The fourth-order valence-electron chi connectivity index (χ4n) is 3.60. The number of aromatic nitrogens is 1. The van der Waals surface area contributed by atoms with E-state index in [-0.39, 0.29) is 18.6 Å². The maximum absolute atomic E-state index is 9.73. The third-order valence-corrected chi connectivity index (χ3v) is 4.83. The molecular weight excluding hydrogens is 320 g/mol. The van der Waals surface area contributed by atoms with Gasteiger partial charge in [-0.25, -0.2) is 4.98 Å². The molecule has 1 aromatic carbocycles. The van der Waals surface area contributed by atoms with E-state index in [0.29, 0.717) is 23.1 Å². The van der Waals surface area contributed by atoms with Crippen LogP contribution in [0.25, 0.3) is 0 Å². The number of rotatable bonds is 6. The molecule has 0 spiro atoms. The van der Waals surface area contributed by atoms with E-state index >= 15 is 0 Å². The fraction of sp³-hybridized carbons (Fsp3) is 0.526. The van der Waals surface area contributed by atoms with Crippen LogP contribution in [-0.2, 0) is 19.4 Å². The molecule has 0 saturated carbocycles. The second-order valence-corrected chi connectivity index (χ2v) is 6.41. The Morgan fingerprint density at radius 2 is 2.00 bits per heavy atom. The molecule has 1 aliphatic carbocycles. The van der Waals surface area contributed by atoms with Crippen LogP contribution in [0.5, 0.6) is 11.5 Å². The Kier molecular flexibility index (Phi) is 5.30. The molecule has 1 aromatic heterocycles. The van der Waals surface area contributed by atoms with Gasteiger partial charge in [-0.05, 0) is 42.5 Å². The van der Waals surface area contributed by atoms with Crippen molar-refractivity contribution in [1.82, 2.24) is 4.98 Å². The van der Waals surface area contributed by atoms with Crippen molar-refractivity contribution in [2.75, 3.05) is 14.2 Å². The first kappa shape index (κ1) is 17.8. The highest BCUT2D eigenvalue weighted by molar-refractivity contribution is 5.52. The number of aliphatic hydroxyl groups is 1. The lowest BCUT2D eigenvalue weighted by Gasteiger charge is -2.31. The van der Waals surface area contributed by atoms with E-state index in [0.717, 1.165) is 36.9 Å².